The Morgan fingerprint density at radius 3 is 2.46 bits per heavy atom. The molecule has 1 aromatic carbocycles. The second-order valence-corrected chi connectivity index (χ2v) is 8.24. The van der Waals surface area contributed by atoms with E-state index in [0.717, 1.165) is 4.88 Å². The first kappa shape index (κ1) is 18.8. The maximum atomic E-state index is 12.3. The molecule has 1 heterocycles. The monoisotopic (exact) mass is 367 g/mol. The van der Waals surface area contributed by atoms with Crippen LogP contribution in [0.2, 0.25) is 0 Å². The number of sulfonamides is 1. The molecule has 24 heavy (non-hydrogen) atoms. The summed E-state index contributed by atoms with van der Waals surface area (Å²) >= 11 is 1.61. The van der Waals surface area contributed by atoms with E-state index in [1.165, 1.54) is 31.2 Å². The molecule has 2 rings (SSSR count). The fraction of sp³-hybridized carbons (Fsp3) is 0.353. The molecule has 0 amide bonds. The molecule has 5 nitrogen and oxygen atoms in total. The Kier molecular flexibility index (Phi) is 6.68. The zero-order chi connectivity index (χ0) is 17.6. The molecule has 0 fully saturated rings. The molecular weight excluding hydrogens is 346 g/mol. The summed E-state index contributed by atoms with van der Waals surface area (Å²) in [7, 11) is -3.60. The Morgan fingerprint density at radius 1 is 1.21 bits per heavy atom. The predicted octanol–water partition coefficient (Wildman–Crippen LogP) is 2.79. The molecule has 0 bridgehead atoms. The lowest BCUT2D eigenvalue weighted by Crippen LogP contribution is -2.26. The van der Waals surface area contributed by atoms with Crippen LogP contribution in [0.5, 0.6) is 0 Å². The summed E-state index contributed by atoms with van der Waals surface area (Å²) in [6.45, 7) is 1.80. The Hall–Kier alpha value is -1.54. The first-order chi connectivity index (χ1) is 11.4. The number of carbonyl (C=O) groups excluding carboxylic acids is 1. The van der Waals surface area contributed by atoms with Gasteiger partial charge >= 0.3 is 0 Å². The van der Waals surface area contributed by atoms with Crippen molar-refractivity contribution in [3.63, 3.8) is 0 Å². The van der Waals surface area contributed by atoms with Gasteiger partial charge in [0.05, 0.1) is 4.90 Å². The fourth-order valence-electron chi connectivity index (χ4n) is 2.43. The number of hydrogen-bond donors (Lipinski definition) is 2. The van der Waals surface area contributed by atoms with E-state index >= 15 is 0 Å². The van der Waals surface area contributed by atoms with Crippen molar-refractivity contribution in [3.05, 3.63) is 52.2 Å². The van der Waals surface area contributed by atoms with Crippen LogP contribution in [0, 0.1) is 0 Å². The Labute approximate surface area is 146 Å². The summed E-state index contributed by atoms with van der Waals surface area (Å²) in [5.74, 6) is 0.0347. The van der Waals surface area contributed by atoms with E-state index in [4.69, 9.17) is 0 Å². The molecule has 1 aromatic heterocycles. The van der Waals surface area contributed by atoms with Crippen molar-refractivity contribution in [2.75, 3.05) is 13.2 Å². The van der Waals surface area contributed by atoms with Crippen LogP contribution in [0.15, 0.2) is 46.7 Å². The topological polar surface area (TPSA) is 83.5 Å². The Balaban J connectivity index is 1.97. The van der Waals surface area contributed by atoms with Gasteiger partial charge in [0.25, 0.3) is 0 Å². The summed E-state index contributed by atoms with van der Waals surface area (Å²) in [4.78, 5) is 12.5. The highest BCUT2D eigenvalue weighted by atomic mass is 32.2. The molecule has 0 aliphatic rings. The third kappa shape index (κ3) is 4.98. The lowest BCUT2D eigenvalue weighted by Gasteiger charge is -2.14. The molecule has 0 aliphatic carbocycles. The van der Waals surface area contributed by atoms with Crippen molar-refractivity contribution in [1.82, 2.24) is 4.72 Å². The van der Waals surface area contributed by atoms with E-state index in [2.05, 4.69) is 4.72 Å². The number of aliphatic hydroxyl groups excluding tert-OH is 1. The van der Waals surface area contributed by atoms with Gasteiger partial charge in [-0.2, -0.15) is 0 Å². The van der Waals surface area contributed by atoms with Crippen LogP contribution in [0.4, 0.5) is 0 Å². The normalized spacial score (nSPS) is 12.9. The van der Waals surface area contributed by atoms with Gasteiger partial charge < -0.3 is 5.11 Å². The van der Waals surface area contributed by atoms with Crippen LogP contribution in [0.1, 0.15) is 40.9 Å². The van der Waals surface area contributed by atoms with Crippen molar-refractivity contribution in [2.45, 2.75) is 30.6 Å². The zero-order valence-corrected chi connectivity index (χ0v) is 15.1. The fourth-order valence-corrected chi connectivity index (χ4v) is 4.38. The molecule has 1 atom stereocenters. The molecule has 0 saturated carbocycles. The van der Waals surface area contributed by atoms with Crippen LogP contribution in [0.3, 0.4) is 0 Å². The maximum Gasteiger partial charge on any atom is 0.240 e. The number of aliphatic hydroxyl groups is 1. The molecule has 0 saturated heterocycles. The van der Waals surface area contributed by atoms with Gasteiger partial charge in [0.2, 0.25) is 10.0 Å². The van der Waals surface area contributed by atoms with Gasteiger partial charge in [-0.3, -0.25) is 4.79 Å². The Bertz CT molecular complexity index is 752. The number of ketones is 1. The van der Waals surface area contributed by atoms with Gasteiger partial charge in [-0.25, -0.2) is 13.1 Å². The number of rotatable bonds is 9. The van der Waals surface area contributed by atoms with E-state index in [9.17, 15) is 18.3 Å². The van der Waals surface area contributed by atoms with Gasteiger partial charge in [0, 0.05) is 23.6 Å². The standard InChI is InChI=1S/C17H21NO4S2/c1-13(20)14-4-6-16(7-5-14)24(21,22)18-10-8-15(9-11-19)17-3-2-12-23-17/h2-7,12,15,18-19H,8-11H2,1H3. The van der Waals surface area contributed by atoms with Gasteiger partial charge in [-0.1, -0.05) is 18.2 Å². The lowest BCUT2D eigenvalue weighted by atomic mass is 10.0. The minimum absolute atomic E-state index is 0.0713. The highest BCUT2D eigenvalue weighted by molar-refractivity contribution is 7.89. The lowest BCUT2D eigenvalue weighted by molar-refractivity contribution is 0.101. The summed E-state index contributed by atoms with van der Waals surface area (Å²) in [5, 5.41) is 11.2. The highest BCUT2D eigenvalue weighted by Gasteiger charge is 2.17. The van der Waals surface area contributed by atoms with Gasteiger partial charge in [-0.15, -0.1) is 11.3 Å². The molecule has 2 N–H and O–H groups in total. The number of benzene rings is 1. The molecule has 0 radical (unpaired) electrons. The molecule has 2 aromatic rings. The highest BCUT2D eigenvalue weighted by Crippen LogP contribution is 2.27. The maximum absolute atomic E-state index is 12.3. The van der Waals surface area contributed by atoms with E-state index in [1.807, 2.05) is 17.5 Å². The Morgan fingerprint density at radius 2 is 1.92 bits per heavy atom. The van der Waals surface area contributed by atoms with Crippen molar-refractivity contribution in [2.24, 2.45) is 0 Å². The van der Waals surface area contributed by atoms with E-state index in [1.54, 1.807) is 11.3 Å². The first-order valence-electron chi connectivity index (χ1n) is 7.69. The van der Waals surface area contributed by atoms with Crippen LogP contribution in [0.25, 0.3) is 0 Å². The molecule has 7 heteroatoms. The molecule has 0 spiro atoms. The van der Waals surface area contributed by atoms with Crippen molar-refractivity contribution in [3.8, 4) is 0 Å². The molecular formula is C17H21NO4S2. The molecule has 0 aliphatic heterocycles. The predicted molar refractivity (Wildman–Crippen MR) is 95.0 cm³/mol. The second kappa shape index (κ2) is 8.53. The van der Waals surface area contributed by atoms with Crippen molar-refractivity contribution in [1.29, 1.82) is 0 Å². The summed E-state index contributed by atoms with van der Waals surface area (Å²) < 4.78 is 27.2. The van der Waals surface area contributed by atoms with Gasteiger partial charge in [0.15, 0.2) is 5.78 Å². The van der Waals surface area contributed by atoms with Gasteiger partial charge in [-0.05, 0) is 49.3 Å². The summed E-state index contributed by atoms with van der Waals surface area (Å²) in [6, 6.07) is 9.84. The molecule has 1 unspecified atom stereocenters. The van der Waals surface area contributed by atoms with E-state index in [0.29, 0.717) is 24.9 Å². The second-order valence-electron chi connectivity index (χ2n) is 5.49. The SMILES string of the molecule is CC(=O)c1ccc(S(=O)(=O)NCCC(CCO)c2cccs2)cc1. The summed E-state index contributed by atoms with van der Waals surface area (Å²) in [5.41, 5.74) is 0.481. The van der Waals surface area contributed by atoms with Crippen LogP contribution < -0.4 is 4.72 Å². The molecule has 130 valence electrons. The largest absolute Gasteiger partial charge is 0.396 e. The van der Waals surface area contributed by atoms with E-state index in [-0.39, 0.29) is 23.2 Å². The number of thiophene rings is 1. The summed E-state index contributed by atoms with van der Waals surface area (Å²) in [6.07, 6.45) is 1.22. The third-order valence-corrected chi connectivity index (χ3v) is 6.29. The number of nitrogens with one attached hydrogen (secondary N) is 1. The quantitative estimate of drug-likeness (QED) is 0.668. The first-order valence-corrected chi connectivity index (χ1v) is 10.1. The number of hydrogen-bond acceptors (Lipinski definition) is 5. The minimum Gasteiger partial charge on any atom is -0.396 e. The third-order valence-electron chi connectivity index (χ3n) is 3.78. The van der Waals surface area contributed by atoms with Crippen LogP contribution in [-0.4, -0.2) is 32.5 Å². The van der Waals surface area contributed by atoms with E-state index < -0.39 is 10.0 Å². The number of Topliss-reactive ketones (excluding diaryl/α,β-unsaturated/α-hetero) is 1. The average molecular weight is 367 g/mol. The number of carbonyl (C=O) groups is 1. The average Bonchev–Trinajstić information content (AvgIpc) is 3.08. The van der Waals surface area contributed by atoms with Crippen molar-refractivity contribution < 1.29 is 18.3 Å². The van der Waals surface area contributed by atoms with Crippen molar-refractivity contribution >= 4 is 27.1 Å². The van der Waals surface area contributed by atoms with Crippen LogP contribution in [-0.2, 0) is 10.0 Å². The minimum atomic E-state index is -3.60. The van der Waals surface area contributed by atoms with Crippen LogP contribution >= 0.6 is 11.3 Å². The smallest absolute Gasteiger partial charge is 0.240 e. The zero-order valence-electron chi connectivity index (χ0n) is 13.4. The van der Waals surface area contributed by atoms with Gasteiger partial charge in [0.1, 0.15) is 0 Å².